The monoisotopic (exact) mass is 269 g/mol. The van der Waals surface area contributed by atoms with Gasteiger partial charge >= 0.3 is 6.18 Å². The van der Waals surface area contributed by atoms with E-state index in [1.807, 2.05) is 0 Å². The van der Waals surface area contributed by atoms with Gasteiger partial charge in [-0.25, -0.2) is 0 Å². The van der Waals surface area contributed by atoms with Crippen LogP contribution in [-0.4, -0.2) is 12.8 Å². The molecule has 2 nitrogen and oxygen atoms in total. The maximum Gasteiger partial charge on any atom is 0.422 e. The molecular formula is C11H15ClF3NO. The Kier molecular flexibility index (Phi) is 5.78. The summed E-state index contributed by atoms with van der Waals surface area (Å²) in [5.41, 5.74) is 7.06. The van der Waals surface area contributed by atoms with Crippen molar-refractivity contribution in [3.05, 3.63) is 29.3 Å². The Labute approximate surface area is 104 Å². The molecule has 1 unspecified atom stereocenters. The summed E-state index contributed by atoms with van der Waals surface area (Å²) in [6.45, 7) is 2.19. The van der Waals surface area contributed by atoms with Crippen molar-refractivity contribution in [2.24, 2.45) is 5.73 Å². The number of alkyl halides is 3. The Morgan fingerprint density at radius 2 is 1.94 bits per heavy atom. The van der Waals surface area contributed by atoms with Gasteiger partial charge in [-0.2, -0.15) is 13.2 Å². The molecular weight excluding hydrogens is 255 g/mol. The molecule has 1 aromatic rings. The average Bonchev–Trinajstić information content (AvgIpc) is 2.13. The number of ether oxygens (including phenoxy) is 1. The number of hydrogen-bond donors (Lipinski definition) is 1. The van der Waals surface area contributed by atoms with Crippen molar-refractivity contribution < 1.29 is 17.9 Å². The summed E-state index contributed by atoms with van der Waals surface area (Å²) in [5.74, 6) is 0.201. The Bertz CT molecular complexity index is 366. The summed E-state index contributed by atoms with van der Waals surface area (Å²) in [4.78, 5) is 0. The summed E-state index contributed by atoms with van der Waals surface area (Å²) in [7, 11) is 0. The second-order valence-electron chi connectivity index (χ2n) is 3.73. The van der Waals surface area contributed by atoms with Crippen LogP contribution < -0.4 is 10.5 Å². The molecule has 98 valence electrons. The molecule has 0 fully saturated rings. The summed E-state index contributed by atoms with van der Waals surface area (Å²) >= 11 is 0. The molecule has 0 aliphatic heterocycles. The van der Waals surface area contributed by atoms with E-state index < -0.39 is 12.8 Å². The lowest BCUT2D eigenvalue weighted by Gasteiger charge is -2.15. The van der Waals surface area contributed by atoms with Gasteiger partial charge < -0.3 is 10.5 Å². The molecule has 0 saturated carbocycles. The molecule has 1 aromatic carbocycles. The standard InChI is InChI=1S/C11H14F3NO.ClH/c1-7-3-4-9(8(2)15)10(5-7)16-6-11(12,13)14;/h3-5,8H,6,15H2,1-2H3;1H. The van der Waals surface area contributed by atoms with Gasteiger partial charge in [0.05, 0.1) is 0 Å². The first kappa shape index (κ1) is 16.1. The molecule has 0 amide bonds. The molecule has 0 aliphatic rings. The topological polar surface area (TPSA) is 35.2 Å². The van der Waals surface area contributed by atoms with Crippen molar-refractivity contribution in [1.29, 1.82) is 0 Å². The predicted molar refractivity (Wildman–Crippen MR) is 62.6 cm³/mol. The van der Waals surface area contributed by atoms with E-state index in [0.29, 0.717) is 5.56 Å². The predicted octanol–water partition coefficient (Wildman–Crippen LogP) is 3.38. The minimum Gasteiger partial charge on any atom is -0.484 e. The van der Waals surface area contributed by atoms with Crippen molar-refractivity contribution in [2.75, 3.05) is 6.61 Å². The minimum atomic E-state index is -4.33. The zero-order chi connectivity index (χ0) is 12.3. The quantitative estimate of drug-likeness (QED) is 0.913. The first-order valence-electron chi connectivity index (χ1n) is 4.85. The Morgan fingerprint density at radius 3 is 2.41 bits per heavy atom. The van der Waals surface area contributed by atoms with Crippen LogP contribution in [0.4, 0.5) is 13.2 Å². The number of nitrogens with two attached hydrogens (primary N) is 1. The van der Waals surface area contributed by atoms with E-state index in [1.54, 1.807) is 32.0 Å². The van der Waals surface area contributed by atoms with Crippen molar-refractivity contribution in [2.45, 2.75) is 26.1 Å². The van der Waals surface area contributed by atoms with Crippen LogP contribution in [0.1, 0.15) is 24.1 Å². The van der Waals surface area contributed by atoms with Crippen LogP contribution in [0.5, 0.6) is 5.75 Å². The van der Waals surface area contributed by atoms with Crippen molar-refractivity contribution >= 4 is 12.4 Å². The average molecular weight is 270 g/mol. The van der Waals surface area contributed by atoms with Crippen LogP contribution >= 0.6 is 12.4 Å². The molecule has 0 saturated heterocycles. The van der Waals surface area contributed by atoms with E-state index in [9.17, 15) is 13.2 Å². The van der Waals surface area contributed by atoms with Gasteiger partial charge in [0.15, 0.2) is 6.61 Å². The number of benzene rings is 1. The molecule has 6 heteroatoms. The van der Waals surface area contributed by atoms with E-state index in [4.69, 9.17) is 10.5 Å². The molecule has 2 N–H and O–H groups in total. The molecule has 0 radical (unpaired) electrons. The fraction of sp³-hybridized carbons (Fsp3) is 0.455. The maximum absolute atomic E-state index is 12.0. The van der Waals surface area contributed by atoms with Crippen LogP contribution in [0.15, 0.2) is 18.2 Å². The lowest BCUT2D eigenvalue weighted by atomic mass is 10.1. The van der Waals surface area contributed by atoms with Crippen molar-refractivity contribution in [1.82, 2.24) is 0 Å². The van der Waals surface area contributed by atoms with Crippen LogP contribution in [0.2, 0.25) is 0 Å². The van der Waals surface area contributed by atoms with Gasteiger partial charge in [0, 0.05) is 11.6 Å². The van der Waals surface area contributed by atoms with Crippen LogP contribution in [-0.2, 0) is 0 Å². The molecule has 1 atom stereocenters. The minimum absolute atomic E-state index is 0. The number of halogens is 4. The van der Waals surface area contributed by atoms with E-state index in [2.05, 4.69) is 0 Å². The van der Waals surface area contributed by atoms with Crippen molar-refractivity contribution in [3.8, 4) is 5.75 Å². The first-order valence-corrected chi connectivity index (χ1v) is 4.85. The Hall–Kier alpha value is -0.940. The molecule has 1 rings (SSSR count). The summed E-state index contributed by atoms with van der Waals surface area (Å²) in [6.07, 6.45) is -4.33. The zero-order valence-electron chi connectivity index (χ0n) is 9.54. The molecule has 17 heavy (non-hydrogen) atoms. The van der Waals surface area contributed by atoms with Gasteiger partial charge in [-0.3, -0.25) is 0 Å². The highest BCUT2D eigenvalue weighted by Crippen LogP contribution is 2.27. The molecule has 0 aliphatic carbocycles. The van der Waals surface area contributed by atoms with Gasteiger partial charge in [-0.15, -0.1) is 12.4 Å². The Balaban J connectivity index is 0.00000256. The zero-order valence-corrected chi connectivity index (χ0v) is 10.4. The molecule has 0 spiro atoms. The smallest absolute Gasteiger partial charge is 0.422 e. The number of rotatable bonds is 3. The van der Waals surface area contributed by atoms with Crippen molar-refractivity contribution in [3.63, 3.8) is 0 Å². The second-order valence-corrected chi connectivity index (χ2v) is 3.73. The van der Waals surface area contributed by atoms with Crippen LogP contribution in [0.25, 0.3) is 0 Å². The van der Waals surface area contributed by atoms with E-state index in [0.717, 1.165) is 5.56 Å². The van der Waals surface area contributed by atoms with Crippen LogP contribution in [0, 0.1) is 6.92 Å². The van der Waals surface area contributed by atoms with E-state index in [-0.39, 0.29) is 24.2 Å². The number of aryl methyl sites for hydroxylation is 1. The van der Waals surface area contributed by atoms with Gasteiger partial charge in [0.1, 0.15) is 5.75 Å². The lowest BCUT2D eigenvalue weighted by Crippen LogP contribution is -2.20. The summed E-state index contributed by atoms with van der Waals surface area (Å²) in [6, 6.07) is 4.68. The molecule has 0 heterocycles. The maximum atomic E-state index is 12.0. The highest BCUT2D eigenvalue weighted by molar-refractivity contribution is 5.85. The fourth-order valence-electron chi connectivity index (χ4n) is 1.30. The van der Waals surface area contributed by atoms with Gasteiger partial charge in [-0.05, 0) is 25.5 Å². The van der Waals surface area contributed by atoms with Gasteiger partial charge in [-0.1, -0.05) is 12.1 Å². The summed E-state index contributed by atoms with van der Waals surface area (Å²) in [5, 5.41) is 0. The number of hydrogen-bond acceptors (Lipinski definition) is 2. The van der Waals surface area contributed by atoms with E-state index >= 15 is 0 Å². The lowest BCUT2D eigenvalue weighted by molar-refractivity contribution is -0.153. The van der Waals surface area contributed by atoms with E-state index in [1.165, 1.54) is 0 Å². The normalized spacial score (nSPS) is 12.8. The third-order valence-electron chi connectivity index (χ3n) is 2.05. The highest BCUT2D eigenvalue weighted by atomic mass is 35.5. The third kappa shape index (κ3) is 5.28. The Morgan fingerprint density at radius 1 is 1.35 bits per heavy atom. The van der Waals surface area contributed by atoms with Gasteiger partial charge in [0.25, 0.3) is 0 Å². The summed E-state index contributed by atoms with van der Waals surface area (Å²) < 4.78 is 40.8. The fourth-order valence-corrected chi connectivity index (χ4v) is 1.30. The molecule has 0 aromatic heterocycles. The van der Waals surface area contributed by atoms with Crippen LogP contribution in [0.3, 0.4) is 0 Å². The highest BCUT2D eigenvalue weighted by Gasteiger charge is 2.29. The second kappa shape index (κ2) is 6.12. The molecule has 0 bridgehead atoms. The van der Waals surface area contributed by atoms with Gasteiger partial charge in [0.2, 0.25) is 0 Å². The first-order chi connectivity index (χ1) is 7.29. The third-order valence-corrected chi connectivity index (χ3v) is 2.05. The SMILES string of the molecule is Cc1ccc(C(C)N)c(OCC(F)(F)F)c1.Cl. The largest absolute Gasteiger partial charge is 0.484 e.